The Bertz CT molecular complexity index is 468. The van der Waals surface area contributed by atoms with Crippen molar-refractivity contribution in [2.24, 2.45) is 4.99 Å². The largest absolute Gasteiger partial charge is 0.378 e. The molecule has 0 aromatic carbocycles. The van der Waals surface area contributed by atoms with Crippen LogP contribution in [0.2, 0.25) is 0 Å². The number of unbranched alkanes of at least 4 members (excludes halogenated alkanes) is 2. The zero-order valence-electron chi connectivity index (χ0n) is 19.3. The molecule has 3 aliphatic rings. The van der Waals surface area contributed by atoms with Gasteiger partial charge in [0.05, 0.1) is 24.9 Å². The predicted octanol–water partition coefficient (Wildman–Crippen LogP) is 4.13. The average Bonchev–Trinajstić information content (AvgIpc) is 2.81. The van der Waals surface area contributed by atoms with Crippen molar-refractivity contribution in [1.82, 2.24) is 10.2 Å². The van der Waals surface area contributed by atoms with E-state index < -0.39 is 0 Å². The molecule has 0 bridgehead atoms. The molecule has 1 aliphatic carbocycles. The number of hydrogen-bond donors (Lipinski definition) is 1. The van der Waals surface area contributed by atoms with Crippen molar-refractivity contribution in [1.29, 1.82) is 0 Å². The Hall–Kier alpha value is -0.850. The third kappa shape index (κ3) is 8.72. The van der Waals surface area contributed by atoms with Crippen molar-refractivity contribution < 1.29 is 14.2 Å². The van der Waals surface area contributed by atoms with Gasteiger partial charge in [0.25, 0.3) is 0 Å². The predicted molar refractivity (Wildman–Crippen MR) is 122 cm³/mol. The van der Waals surface area contributed by atoms with Gasteiger partial charge in [-0.1, -0.05) is 19.3 Å². The lowest BCUT2D eigenvalue weighted by Crippen LogP contribution is -2.47. The summed E-state index contributed by atoms with van der Waals surface area (Å²) in [4.78, 5) is 6.88. The number of ether oxygens (including phenoxy) is 3. The van der Waals surface area contributed by atoms with Crippen LogP contribution in [0.25, 0.3) is 0 Å². The molecule has 2 saturated heterocycles. The molecule has 174 valence electrons. The fourth-order valence-electron chi connectivity index (χ4n) is 4.83. The maximum absolute atomic E-state index is 6.14. The number of aliphatic imine (C=N–C) groups is 1. The van der Waals surface area contributed by atoms with Gasteiger partial charge in [-0.2, -0.15) is 0 Å². The fraction of sp³-hybridized carbons (Fsp3) is 0.958. The van der Waals surface area contributed by atoms with Crippen LogP contribution in [-0.4, -0.2) is 75.7 Å². The zero-order valence-corrected chi connectivity index (χ0v) is 19.3. The second-order valence-corrected chi connectivity index (χ2v) is 9.17. The highest BCUT2D eigenvalue weighted by Gasteiger charge is 2.23. The van der Waals surface area contributed by atoms with Crippen molar-refractivity contribution in [3.05, 3.63) is 0 Å². The van der Waals surface area contributed by atoms with Crippen molar-refractivity contribution in [3.63, 3.8) is 0 Å². The summed E-state index contributed by atoms with van der Waals surface area (Å²) in [7, 11) is 1.89. The number of piperidine rings is 1. The molecule has 1 atom stereocenters. The van der Waals surface area contributed by atoms with E-state index in [0.29, 0.717) is 18.3 Å². The number of rotatable bonds is 10. The second kappa shape index (κ2) is 14.3. The van der Waals surface area contributed by atoms with Crippen molar-refractivity contribution in [2.45, 2.75) is 102 Å². The van der Waals surface area contributed by atoms with Crippen LogP contribution in [0.1, 0.15) is 83.5 Å². The van der Waals surface area contributed by atoms with Gasteiger partial charge < -0.3 is 24.4 Å². The summed E-state index contributed by atoms with van der Waals surface area (Å²) >= 11 is 0. The van der Waals surface area contributed by atoms with Crippen LogP contribution in [0.15, 0.2) is 4.99 Å². The molecular weight excluding hydrogens is 378 g/mol. The van der Waals surface area contributed by atoms with Crippen LogP contribution in [-0.2, 0) is 14.2 Å². The molecular formula is C24H45N3O3. The highest BCUT2D eigenvalue weighted by molar-refractivity contribution is 5.79. The maximum atomic E-state index is 6.14. The monoisotopic (exact) mass is 423 g/mol. The lowest BCUT2D eigenvalue weighted by Gasteiger charge is -2.35. The molecule has 3 fully saturated rings. The topological polar surface area (TPSA) is 55.3 Å². The number of likely N-dealkylation sites (tertiary alicyclic amines) is 1. The van der Waals surface area contributed by atoms with Gasteiger partial charge in [-0.15, -0.1) is 0 Å². The smallest absolute Gasteiger partial charge is 0.193 e. The van der Waals surface area contributed by atoms with E-state index in [-0.39, 0.29) is 0 Å². The summed E-state index contributed by atoms with van der Waals surface area (Å²) in [6, 6.07) is 0. The van der Waals surface area contributed by atoms with Crippen LogP contribution in [0, 0.1) is 0 Å². The molecule has 3 rings (SSSR count). The minimum Gasteiger partial charge on any atom is -0.378 e. The highest BCUT2D eigenvalue weighted by Crippen LogP contribution is 2.20. The van der Waals surface area contributed by atoms with Gasteiger partial charge >= 0.3 is 0 Å². The number of nitrogens with zero attached hydrogens (tertiary/aromatic N) is 2. The average molecular weight is 424 g/mol. The quantitative estimate of drug-likeness (QED) is 0.325. The SMILES string of the molecule is CN=C(NCCCCCOC1CCCCC1)N1CCC(OCC2CCCCO2)CC1. The van der Waals surface area contributed by atoms with E-state index in [2.05, 4.69) is 15.2 Å². The molecule has 0 aromatic rings. The molecule has 1 N–H and O–H groups in total. The molecule has 0 amide bonds. The van der Waals surface area contributed by atoms with E-state index in [0.717, 1.165) is 64.7 Å². The van der Waals surface area contributed by atoms with E-state index in [1.54, 1.807) is 0 Å². The molecule has 30 heavy (non-hydrogen) atoms. The summed E-state index contributed by atoms with van der Waals surface area (Å²) in [6.07, 6.45) is 17.2. The minimum absolute atomic E-state index is 0.319. The number of hydrogen-bond acceptors (Lipinski definition) is 4. The Labute approximate surface area is 184 Å². The van der Waals surface area contributed by atoms with Gasteiger partial charge in [0.1, 0.15) is 0 Å². The van der Waals surface area contributed by atoms with Crippen LogP contribution >= 0.6 is 0 Å². The first-order chi connectivity index (χ1) is 14.8. The summed E-state index contributed by atoms with van der Waals surface area (Å²) in [5.41, 5.74) is 0. The van der Waals surface area contributed by atoms with Gasteiger partial charge in [0.2, 0.25) is 0 Å². The van der Waals surface area contributed by atoms with E-state index >= 15 is 0 Å². The van der Waals surface area contributed by atoms with Crippen LogP contribution < -0.4 is 5.32 Å². The van der Waals surface area contributed by atoms with Crippen molar-refractivity contribution in [2.75, 3.05) is 46.5 Å². The normalized spacial score (nSPS) is 24.9. The third-order valence-corrected chi connectivity index (χ3v) is 6.76. The standard InChI is InChI=1S/C24H45N3O3/c1-25-24(26-15-7-3-8-18-28-21-10-4-2-5-11-21)27-16-13-22(14-17-27)30-20-23-12-6-9-19-29-23/h21-23H,2-20H2,1H3,(H,25,26). The lowest BCUT2D eigenvalue weighted by atomic mass is 9.98. The summed E-state index contributed by atoms with van der Waals surface area (Å²) in [5.74, 6) is 1.04. The van der Waals surface area contributed by atoms with Crippen LogP contribution in [0.3, 0.4) is 0 Å². The van der Waals surface area contributed by atoms with Crippen LogP contribution in [0.5, 0.6) is 0 Å². The van der Waals surface area contributed by atoms with Gasteiger partial charge in [-0.3, -0.25) is 4.99 Å². The first-order valence-electron chi connectivity index (χ1n) is 12.7. The maximum Gasteiger partial charge on any atom is 0.193 e. The van der Waals surface area contributed by atoms with Gasteiger partial charge in [0.15, 0.2) is 5.96 Å². The van der Waals surface area contributed by atoms with Crippen molar-refractivity contribution in [3.8, 4) is 0 Å². The van der Waals surface area contributed by atoms with E-state index in [9.17, 15) is 0 Å². The van der Waals surface area contributed by atoms with E-state index in [4.69, 9.17) is 14.2 Å². The third-order valence-electron chi connectivity index (χ3n) is 6.76. The molecule has 1 unspecified atom stereocenters. The zero-order chi connectivity index (χ0) is 20.9. The molecule has 0 spiro atoms. The molecule has 2 aliphatic heterocycles. The Kier molecular flexibility index (Phi) is 11.3. The summed E-state index contributed by atoms with van der Waals surface area (Å²) in [6.45, 7) is 5.63. The highest BCUT2D eigenvalue weighted by atomic mass is 16.5. The molecule has 6 heteroatoms. The van der Waals surface area contributed by atoms with Crippen molar-refractivity contribution >= 4 is 5.96 Å². The summed E-state index contributed by atoms with van der Waals surface area (Å²) in [5, 5.41) is 3.55. The second-order valence-electron chi connectivity index (χ2n) is 9.17. The number of guanidine groups is 1. The Morgan fingerprint density at radius 2 is 1.67 bits per heavy atom. The van der Waals surface area contributed by atoms with Gasteiger partial charge in [0, 0.05) is 39.9 Å². The minimum atomic E-state index is 0.319. The van der Waals surface area contributed by atoms with Gasteiger partial charge in [-0.25, -0.2) is 0 Å². The van der Waals surface area contributed by atoms with E-state index in [1.807, 2.05) is 7.05 Å². The van der Waals surface area contributed by atoms with Crippen LogP contribution in [0.4, 0.5) is 0 Å². The van der Waals surface area contributed by atoms with Gasteiger partial charge in [-0.05, 0) is 64.2 Å². The first-order valence-corrected chi connectivity index (χ1v) is 12.7. The lowest BCUT2D eigenvalue weighted by molar-refractivity contribution is -0.0721. The molecule has 0 radical (unpaired) electrons. The summed E-state index contributed by atoms with van der Waals surface area (Å²) < 4.78 is 17.9. The Morgan fingerprint density at radius 1 is 0.900 bits per heavy atom. The molecule has 0 aromatic heterocycles. The molecule has 2 heterocycles. The first kappa shape index (κ1) is 23.8. The molecule has 6 nitrogen and oxygen atoms in total. The fourth-order valence-corrected chi connectivity index (χ4v) is 4.83. The Balaban J connectivity index is 1.19. The van der Waals surface area contributed by atoms with E-state index in [1.165, 1.54) is 64.2 Å². The number of nitrogens with one attached hydrogen (secondary N) is 1. The molecule has 1 saturated carbocycles. The Morgan fingerprint density at radius 3 is 2.40 bits per heavy atom.